The average molecular weight is 210 g/mol. The second-order valence-electron chi connectivity index (χ2n) is 2.96. The van der Waals surface area contributed by atoms with E-state index in [1.165, 1.54) is 14.0 Å². The molecule has 2 unspecified atom stereocenters. The van der Waals surface area contributed by atoms with E-state index < -0.39 is 12.1 Å². The molecule has 0 radical (unpaired) electrons. The first-order valence-electron chi connectivity index (χ1n) is 4.72. The van der Waals surface area contributed by atoms with Crippen LogP contribution < -0.4 is 0 Å². The van der Waals surface area contributed by atoms with Gasteiger partial charge < -0.3 is 14.2 Å². The maximum absolute atomic E-state index is 12.3. The molecule has 2 atom stereocenters. The summed E-state index contributed by atoms with van der Waals surface area (Å²) in [6.45, 7) is 5.92. The summed E-state index contributed by atoms with van der Waals surface area (Å²) >= 11 is 0. The standard InChI is InChI=1S/C9H19FO4/c1-5-7-13-9(3,14-10)8(11-4)12-6-2/h8H,5-7H2,1-4H3. The third kappa shape index (κ3) is 3.88. The smallest absolute Gasteiger partial charge is 0.255 e. The molecule has 0 aromatic rings. The fraction of sp³-hybridized carbons (Fsp3) is 1.00. The first-order chi connectivity index (χ1) is 6.64. The maximum Gasteiger partial charge on any atom is 0.255 e. The lowest BCUT2D eigenvalue weighted by Gasteiger charge is -2.31. The molecule has 0 aromatic heterocycles. The Morgan fingerprint density at radius 3 is 2.36 bits per heavy atom. The van der Waals surface area contributed by atoms with E-state index in [4.69, 9.17) is 14.2 Å². The van der Waals surface area contributed by atoms with Crippen molar-refractivity contribution < 1.29 is 23.7 Å². The van der Waals surface area contributed by atoms with E-state index >= 15 is 0 Å². The molecule has 14 heavy (non-hydrogen) atoms. The summed E-state index contributed by atoms with van der Waals surface area (Å²) in [5.41, 5.74) is 0. The van der Waals surface area contributed by atoms with Crippen molar-refractivity contribution >= 4 is 0 Å². The van der Waals surface area contributed by atoms with Crippen molar-refractivity contribution in [3.05, 3.63) is 0 Å². The van der Waals surface area contributed by atoms with Crippen LogP contribution in [0.5, 0.6) is 0 Å². The van der Waals surface area contributed by atoms with Crippen molar-refractivity contribution in [3.63, 3.8) is 0 Å². The van der Waals surface area contributed by atoms with E-state index in [1.807, 2.05) is 6.92 Å². The molecule has 0 spiro atoms. The van der Waals surface area contributed by atoms with Crippen LogP contribution in [0.4, 0.5) is 4.53 Å². The number of hydrogen-bond acceptors (Lipinski definition) is 4. The molecule has 0 rings (SSSR count). The lowest BCUT2D eigenvalue weighted by atomic mass is 10.3. The highest BCUT2D eigenvalue weighted by molar-refractivity contribution is 4.66. The third-order valence-corrected chi connectivity index (χ3v) is 1.71. The van der Waals surface area contributed by atoms with Gasteiger partial charge in [0.1, 0.15) is 0 Å². The van der Waals surface area contributed by atoms with E-state index in [-0.39, 0.29) is 0 Å². The van der Waals surface area contributed by atoms with E-state index in [0.29, 0.717) is 13.2 Å². The largest absolute Gasteiger partial charge is 0.351 e. The fourth-order valence-corrected chi connectivity index (χ4v) is 1.02. The van der Waals surface area contributed by atoms with Crippen LogP contribution in [-0.4, -0.2) is 32.4 Å². The van der Waals surface area contributed by atoms with Crippen molar-refractivity contribution in [3.8, 4) is 0 Å². The normalized spacial score (nSPS) is 17.8. The van der Waals surface area contributed by atoms with Crippen LogP contribution in [0.25, 0.3) is 0 Å². The van der Waals surface area contributed by atoms with Crippen LogP contribution in [0, 0.1) is 0 Å². The molecular formula is C9H19FO4. The highest BCUT2D eigenvalue weighted by Crippen LogP contribution is 2.22. The van der Waals surface area contributed by atoms with Gasteiger partial charge in [-0.05, 0) is 24.8 Å². The highest BCUT2D eigenvalue weighted by Gasteiger charge is 2.39. The van der Waals surface area contributed by atoms with Gasteiger partial charge in [0.15, 0.2) is 0 Å². The molecule has 5 heteroatoms. The van der Waals surface area contributed by atoms with E-state index in [1.54, 1.807) is 6.92 Å². The summed E-state index contributed by atoms with van der Waals surface area (Å²) in [6, 6.07) is 0. The van der Waals surface area contributed by atoms with Crippen molar-refractivity contribution in [1.82, 2.24) is 0 Å². The van der Waals surface area contributed by atoms with Gasteiger partial charge in [0.05, 0.1) is 6.61 Å². The van der Waals surface area contributed by atoms with Crippen LogP contribution in [-0.2, 0) is 19.2 Å². The second kappa shape index (κ2) is 7.11. The quantitative estimate of drug-likeness (QED) is 0.574. The van der Waals surface area contributed by atoms with Crippen LogP contribution in [0.3, 0.4) is 0 Å². The van der Waals surface area contributed by atoms with E-state index in [0.717, 1.165) is 6.42 Å². The van der Waals surface area contributed by atoms with Gasteiger partial charge in [0.25, 0.3) is 5.79 Å². The summed E-state index contributed by atoms with van der Waals surface area (Å²) in [4.78, 5) is 3.77. The number of rotatable bonds is 8. The molecule has 0 saturated carbocycles. The minimum atomic E-state index is -1.50. The molecular weight excluding hydrogens is 191 g/mol. The van der Waals surface area contributed by atoms with Crippen molar-refractivity contribution in [2.45, 2.75) is 39.3 Å². The Morgan fingerprint density at radius 1 is 1.36 bits per heavy atom. The lowest BCUT2D eigenvalue weighted by Crippen LogP contribution is -2.46. The summed E-state index contributed by atoms with van der Waals surface area (Å²) < 4.78 is 27.6. The van der Waals surface area contributed by atoms with Crippen LogP contribution in [0.1, 0.15) is 27.2 Å². The predicted octanol–water partition coefficient (Wildman–Crippen LogP) is 2.04. The van der Waals surface area contributed by atoms with Gasteiger partial charge in [-0.25, -0.2) is 0 Å². The number of halogens is 1. The SMILES string of the molecule is CCCOC(C)(OF)C(OC)OCC. The Bertz CT molecular complexity index is 145. The highest BCUT2D eigenvalue weighted by atomic mass is 19.3. The first kappa shape index (κ1) is 13.8. The van der Waals surface area contributed by atoms with Gasteiger partial charge in [0, 0.05) is 13.7 Å². The topological polar surface area (TPSA) is 36.9 Å². The van der Waals surface area contributed by atoms with Gasteiger partial charge >= 0.3 is 0 Å². The van der Waals surface area contributed by atoms with Gasteiger partial charge in [-0.2, -0.15) is 4.94 Å². The number of hydrogen-bond donors (Lipinski definition) is 0. The molecule has 4 nitrogen and oxygen atoms in total. The van der Waals surface area contributed by atoms with Crippen molar-refractivity contribution in [2.75, 3.05) is 20.3 Å². The number of methoxy groups -OCH3 is 1. The molecule has 86 valence electrons. The van der Waals surface area contributed by atoms with Crippen molar-refractivity contribution in [2.24, 2.45) is 0 Å². The molecule has 0 heterocycles. The van der Waals surface area contributed by atoms with Gasteiger partial charge in [0.2, 0.25) is 6.29 Å². The third-order valence-electron chi connectivity index (χ3n) is 1.71. The zero-order valence-corrected chi connectivity index (χ0v) is 9.21. The maximum atomic E-state index is 12.3. The molecule has 0 saturated heterocycles. The molecule has 0 aliphatic rings. The van der Waals surface area contributed by atoms with Gasteiger partial charge in [-0.1, -0.05) is 6.92 Å². The minimum Gasteiger partial charge on any atom is -0.351 e. The Balaban J connectivity index is 4.28. The molecule has 0 N–H and O–H groups in total. The monoisotopic (exact) mass is 210 g/mol. The Labute approximate surface area is 84.2 Å². The molecule has 0 bridgehead atoms. The zero-order chi connectivity index (χ0) is 11.0. The summed E-state index contributed by atoms with van der Waals surface area (Å²) in [6.07, 6.45) is -0.106. The van der Waals surface area contributed by atoms with E-state index in [9.17, 15) is 4.53 Å². The summed E-state index contributed by atoms with van der Waals surface area (Å²) in [5, 5.41) is 0. The number of ether oxygens (including phenoxy) is 3. The first-order valence-corrected chi connectivity index (χ1v) is 4.72. The lowest BCUT2D eigenvalue weighted by molar-refractivity contribution is -0.406. The Morgan fingerprint density at radius 2 is 2.00 bits per heavy atom. The summed E-state index contributed by atoms with van der Waals surface area (Å²) in [5.74, 6) is -1.50. The van der Waals surface area contributed by atoms with Crippen LogP contribution in [0.2, 0.25) is 0 Å². The summed E-state index contributed by atoms with van der Waals surface area (Å²) in [7, 11) is 1.41. The van der Waals surface area contributed by atoms with E-state index in [2.05, 4.69) is 4.94 Å². The minimum absolute atomic E-state index is 0.382. The molecule has 0 aromatic carbocycles. The van der Waals surface area contributed by atoms with Crippen LogP contribution >= 0.6 is 0 Å². The van der Waals surface area contributed by atoms with Crippen molar-refractivity contribution in [1.29, 1.82) is 0 Å². The zero-order valence-electron chi connectivity index (χ0n) is 9.21. The predicted molar refractivity (Wildman–Crippen MR) is 49.3 cm³/mol. The Hall–Kier alpha value is -0.230. The fourth-order valence-electron chi connectivity index (χ4n) is 1.02. The molecule has 0 amide bonds. The van der Waals surface area contributed by atoms with Gasteiger partial charge in [-0.15, -0.1) is 0 Å². The second-order valence-corrected chi connectivity index (χ2v) is 2.96. The molecule has 0 aliphatic heterocycles. The van der Waals surface area contributed by atoms with Gasteiger partial charge in [-0.3, -0.25) is 0 Å². The average Bonchev–Trinajstić information content (AvgIpc) is 2.22. The molecule has 0 aliphatic carbocycles. The Kier molecular flexibility index (Phi) is 7.00. The van der Waals surface area contributed by atoms with Crippen LogP contribution in [0.15, 0.2) is 0 Å². The molecule has 0 fully saturated rings.